The van der Waals surface area contributed by atoms with Crippen molar-refractivity contribution in [2.24, 2.45) is 0 Å². The number of hydrogen-bond acceptors (Lipinski definition) is 4. The molecule has 1 aliphatic heterocycles. The molecule has 1 atom stereocenters. The van der Waals surface area contributed by atoms with E-state index < -0.39 is 0 Å². The molecule has 1 aromatic carbocycles. The van der Waals surface area contributed by atoms with Gasteiger partial charge < -0.3 is 15.0 Å². The topological polar surface area (TPSA) is 27.7 Å². The molecule has 1 heterocycles. The maximum absolute atomic E-state index is 5.85. The summed E-state index contributed by atoms with van der Waals surface area (Å²) in [5, 5.41) is 3.33. The van der Waals surface area contributed by atoms with E-state index in [1.807, 2.05) is 0 Å². The second-order valence-corrected chi connectivity index (χ2v) is 5.90. The third-order valence-corrected chi connectivity index (χ3v) is 4.22. The second kappa shape index (κ2) is 8.37. The van der Waals surface area contributed by atoms with Gasteiger partial charge in [-0.25, -0.2) is 0 Å². The van der Waals surface area contributed by atoms with Gasteiger partial charge in [0.1, 0.15) is 12.4 Å². The smallest absolute Gasteiger partial charge is 0.119 e. The van der Waals surface area contributed by atoms with Gasteiger partial charge in [0.05, 0.1) is 0 Å². The molecule has 1 N–H and O–H groups in total. The van der Waals surface area contributed by atoms with Crippen molar-refractivity contribution < 1.29 is 4.74 Å². The molecule has 0 amide bonds. The zero-order chi connectivity index (χ0) is 15.1. The van der Waals surface area contributed by atoms with Crippen LogP contribution in [0.15, 0.2) is 24.3 Å². The van der Waals surface area contributed by atoms with Crippen LogP contribution in [-0.2, 0) is 6.54 Å². The van der Waals surface area contributed by atoms with Crippen molar-refractivity contribution in [3.63, 3.8) is 0 Å². The van der Waals surface area contributed by atoms with Crippen LogP contribution >= 0.6 is 0 Å². The Morgan fingerprint density at radius 2 is 2.00 bits per heavy atom. The van der Waals surface area contributed by atoms with Gasteiger partial charge in [0.15, 0.2) is 0 Å². The first-order valence-electron chi connectivity index (χ1n) is 8.04. The molecule has 0 aromatic heterocycles. The van der Waals surface area contributed by atoms with Gasteiger partial charge in [-0.2, -0.15) is 0 Å². The largest absolute Gasteiger partial charge is 0.492 e. The Bertz CT molecular complexity index is 407. The van der Waals surface area contributed by atoms with Gasteiger partial charge in [-0.15, -0.1) is 0 Å². The fourth-order valence-electron chi connectivity index (χ4n) is 2.59. The van der Waals surface area contributed by atoms with Crippen LogP contribution in [-0.4, -0.2) is 62.2 Å². The third-order valence-electron chi connectivity index (χ3n) is 4.22. The number of nitrogens with one attached hydrogen (secondary N) is 1. The molecule has 1 unspecified atom stereocenters. The first-order chi connectivity index (χ1) is 10.2. The van der Waals surface area contributed by atoms with Gasteiger partial charge >= 0.3 is 0 Å². The van der Waals surface area contributed by atoms with Crippen molar-refractivity contribution in [2.45, 2.75) is 26.4 Å². The average Bonchev–Trinajstić information content (AvgIpc) is 2.50. The Balaban J connectivity index is 1.68. The van der Waals surface area contributed by atoms with Crippen LogP contribution in [0.25, 0.3) is 0 Å². The van der Waals surface area contributed by atoms with E-state index in [2.05, 4.69) is 60.3 Å². The van der Waals surface area contributed by atoms with Gasteiger partial charge in [-0.1, -0.05) is 19.1 Å². The number of rotatable bonds is 7. The zero-order valence-corrected chi connectivity index (χ0v) is 13.6. The van der Waals surface area contributed by atoms with Gasteiger partial charge in [-0.05, 0) is 38.2 Å². The third kappa shape index (κ3) is 5.30. The minimum Gasteiger partial charge on any atom is -0.492 e. The summed E-state index contributed by atoms with van der Waals surface area (Å²) in [5.74, 6) is 0.970. The van der Waals surface area contributed by atoms with E-state index in [0.29, 0.717) is 6.04 Å². The Morgan fingerprint density at radius 1 is 1.24 bits per heavy atom. The molecule has 21 heavy (non-hydrogen) atoms. The van der Waals surface area contributed by atoms with Crippen LogP contribution in [0.3, 0.4) is 0 Å². The summed E-state index contributed by atoms with van der Waals surface area (Å²) < 4.78 is 5.85. The molecular formula is C17H29N3O. The summed E-state index contributed by atoms with van der Waals surface area (Å²) in [7, 11) is 2.20. The molecule has 1 aliphatic rings. The van der Waals surface area contributed by atoms with Gasteiger partial charge in [-0.3, -0.25) is 4.90 Å². The summed E-state index contributed by atoms with van der Waals surface area (Å²) in [6.45, 7) is 11.6. The van der Waals surface area contributed by atoms with Crippen LogP contribution in [0.1, 0.15) is 19.4 Å². The molecule has 2 rings (SSSR count). The Morgan fingerprint density at radius 3 is 2.67 bits per heavy atom. The van der Waals surface area contributed by atoms with Gasteiger partial charge in [0, 0.05) is 38.8 Å². The average molecular weight is 291 g/mol. The van der Waals surface area contributed by atoms with E-state index in [4.69, 9.17) is 4.74 Å². The van der Waals surface area contributed by atoms with Crippen molar-refractivity contribution in [1.82, 2.24) is 15.1 Å². The van der Waals surface area contributed by atoms with E-state index in [0.717, 1.165) is 51.6 Å². The number of benzene rings is 1. The number of ether oxygens (including phenoxy) is 1. The molecule has 0 saturated carbocycles. The highest BCUT2D eigenvalue weighted by Gasteiger charge is 2.19. The molecule has 0 spiro atoms. The normalized spacial score (nSPS) is 20.6. The van der Waals surface area contributed by atoms with E-state index in [1.165, 1.54) is 5.56 Å². The van der Waals surface area contributed by atoms with E-state index in [1.54, 1.807) is 0 Å². The molecule has 0 radical (unpaired) electrons. The monoisotopic (exact) mass is 291 g/mol. The number of likely N-dealkylation sites (N-methyl/N-ethyl adjacent to an activating group) is 1. The zero-order valence-electron chi connectivity index (χ0n) is 13.6. The fourth-order valence-corrected chi connectivity index (χ4v) is 2.59. The molecule has 0 bridgehead atoms. The molecule has 4 heteroatoms. The lowest BCUT2D eigenvalue weighted by molar-refractivity contribution is 0.0928. The Hall–Kier alpha value is -1.10. The van der Waals surface area contributed by atoms with Crippen molar-refractivity contribution in [2.75, 3.05) is 46.4 Å². The molecule has 118 valence electrons. The van der Waals surface area contributed by atoms with Crippen molar-refractivity contribution in [3.8, 4) is 5.75 Å². The molecule has 1 aromatic rings. The highest BCUT2D eigenvalue weighted by Crippen LogP contribution is 2.12. The lowest BCUT2D eigenvalue weighted by atomic mass is 10.2. The standard InChI is InChI=1S/C17H29N3O/c1-4-18-13-16-5-7-17(8-6-16)21-12-11-20-10-9-19(3)15(2)14-20/h5-8,15,18H,4,9-14H2,1-3H3. The highest BCUT2D eigenvalue weighted by atomic mass is 16.5. The number of hydrogen-bond donors (Lipinski definition) is 1. The summed E-state index contributed by atoms with van der Waals surface area (Å²) >= 11 is 0. The molecular weight excluding hydrogens is 262 g/mol. The summed E-state index contributed by atoms with van der Waals surface area (Å²) in [6, 6.07) is 9.05. The maximum atomic E-state index is 5.85. The fraction of sp³-hybridized carbons (Fsp3) is 0.647. The summed E-state index contributed by atoms with van der Waals surface area (Å²) in [6.07, 6.45) is 0. The lowest BCUT2D eigenvalue weighted by Gasteiger charge is -2.37. The van der Waals surface area contributed by atoms with Crippen molar-refractivity contribution in [3.05, 3.63) is 29.8 Å². The van der Waals surface area contributed by atoms with Gasteiger partial charge in [0.2, 0.25) is 0 Å². The first-order valence-corrected chi connectivity index (χ1v) is 8.04. The van der Waals surface area contributed by atoms with Crippen molar-refractivity contribution in [1.29, 1.82) is 0 Å². The maximum Gasteiger partial charge on any atom is 0.119 e. The van der Waals surface area contributed by atoms with Crippen LogP contribution in [0.5, 0.6) is 5.75 Å². The van der Waals surface area contributed by atoms with E-state index >= 15 is 0 Å². The Kier molecular flexibility index (Phi) is 6.49. The molecule has 4 nitrogen and oxygen atoms in total. The SMILES string of the molecule is CCNCc1ccc(OCCN2CCN(C)C(C)C2)cc1. The van der Waals surface area contributed by atoms with E-state index in [-0.39, 0.29) is 0 Å². The van der Waals surface area contributed by atoms with Crippen molar-refractivity contribution >= 4 is 0 Å². The summed E-state index contributed by atoms with van der Waals surface area (Å²) in [4.78, 5) is 4.91. The quantitative estimate of drug-likeness (QED) is 0.829. The Labute approximate surface area is 129 Å². The molecule has 1 fully saturated rings. The van der Waals surface area contributed by atoms with Crippen LogP contribution in [0, 0.1) is 0 Å². The van der Waals surface area contributed by atoms with Crippen LogP contribution < -0.4 is 10.1 Å². The van der Waals surface area contributed by atoms with E-state index in [9.17, 15) is 0 Å². The number of nitrogens with zero attached hydrogens (tertiary/aromatic N) is 2. The first kappa shape index (κ1) is 16.3. The predicted octanol–water partition coefficient (Wildman–Crippen LogP) is 1.81. The second-order valence-electron chi connectivity index (χ2n) is 5.90. The number of piperazine rings is 1. The molecule has 0 aliphatic carbocycles. The van der Waals surface area contributed by atoms with Crippen LogP contribution in [0.4, 0.5) is 0 Å². The van der Waals surface area contributed by atoms with Crippen LogP contribution in [0.2, 0.25) is 0 Å². The lowest BCUT2D eigenvalue weighted by Crippen LogP contribution is -2.50. The minimum atomic E-state index is 0.643. The highest BCUT2D eigenvalue weighted by molar-refractivity contribution is 5.27. The van der Waals surface area contributed by atoms with Gasteiger partial charge in [0.25, 0.3) is 0 Å². The predicted molar refractivity (Wildman–Crippen MR) is 87.8 cm³/mol. The molecule has 1 saturated heterocycles. The summed E-state index contributed by atoms with van der Waals surface area (Å²) in [5.41, 5.74) is 1.30. The minimum absolute atomic E-state index is 0.643.